The van der Waals surface area contributed by atoms with Gasteiger partial charge in [0, 0.05) is 38.5 Å². The molecule has 4 bridgehead atoms. The van der Waals surface area contributed by atoms with Gasteiger partial charge < -0.3 is 13.7 Å². The van der Waals surface area contributed by atoms with Crippen molar-refractivity contribution in [2.75, 3.05) is 27.2 Å². The summed E-state index contributed by atoms with van der Waals surface area (Å²) in [4.78, 5) is 0. The zero-order valence-electron chi connectivity index (χ0n) is 17.6. The Kier molecular flexibility index (Phi) is 4.53. The van der Waals surface area contributed by atoms with Gasteiger partial charge in [-0.15, -0.1) is 0 Å². The molecule has 0 aromatic carbocycles. The highest BCUT2D eigenvalue weighted by Crippen LogP contribution is 2.53. The monoisotopic (exact) mass is 350 g/mol. The SMILES string of the molecule is CC[N+]1(C)C2CC(C)CC1C1OC12.CC[N+]1(C)C2CCC1CC(C)C2. The highest BCUT2D eigenvalue weighted by atomic mass is 16.6. The molecule has 0 amide bonds. The fourth-order valence-corrected chi connectivity index (χ4v) is 7.34. The number of likely N-dealkylation sites (N-methyl/N-ethyl adjacent to an activating group) is 1. The maximum absolute atomic E-state index is 5.75. The van der Waals surface area contributed by atoms with Crippen LogP contribution in [0, 0.1) is 11.8 Å². The molecule has 5 aliphatic rings. The minimum Gasteiger partial charge on any atom is -0.357 e. The standard InChI is InChI=1S/C11H20NO.C11H22N/c1-4-12(3)8-5-7(2)6-9(12)11-10(8)13-11;1-4-12(3)10-5-6-11(12)8-9(2)7-10/h7-11H,4-6H2,1-3H3;9-11H,4-8H2,1-3H3/q2*+1. The van der Waals surface area contributed by atoms with Crippen LogP contribution in [0.5, 0.6) is 0 Å². The molecular weight excluding hydrogens is 308 g/mol. The van der Waals surface area contributed by atoms with Gasteiger partial charge in [-0.3, -0.25) is 0 Å². The smallest absolute Gasteiger partial charge is 0.142 e. The minimum atomic E-state index is 0.639. The van der Waals surface area contributed by atoms with E-state index in [4.69, 9.17) is 4.74 Å². The van der Waals surface area contributed by atoms with Crippen LogP contribution in [0.4, 0.5) is 0 Å². The lowest BCUT2D eigenvalue weighted by Crippen LogP contribution is -2.60. The number of hydrogen-bond acceptors (Lipinski definition) is 1. The number of fused-ring (bicyclic) bond motifs is 7. The number of morpholine rings is 1. The van der Waals surface area contributed by atoms with Crippen molar-refractivity contribution in [3.8, 4) is 0 Å². The summed E-state index contributed by atoms with van der Waals surface area (Å²) in [5, 5.41) is 0. The zero-order chi connectivity index (χ0) is 18.0. The van der Waals surface area contributed by atoms with E-state index in [1.807, 2.05) is 0 Å². The van der Waals surface area contributed by atoms with Crippen molar-refractivity contribution in [2.45, 2.75) is 103 Å². The third-order valence-electron chi connectivity index (χ3n) is 9.34. The quantitative estimate of drug-likeness (QED) is 0.545. The van der Waals surface area contributed by atoms with E-state index in [9.17, 15) is 0 Å². The summed E-state index contributed by atoms with van der Waals surface area (Å²) >= 11 is 0. The molecule has 5 fully saturated rings. The Morgan fingerprint density at radius 3 is 1.60 bits per heavy atom. The molecule has 0 radical (unpaired) electrons. The molecule has 5 aliphatic heterocycles. The highest BCUT2D eigenvalue weighted by Gasteiger charge is 2.70. The number of nitrogens with zero attached hydrogens (tertiary/aromatic N) is 2. The largest absolute Gasteiger partial charge is 0.357 e. The molecule has 144 valence electrons. The van der Waals surface area contributed by atoms with Crippen LogP contribution in [0.1, 0.15) is 66.2 Å². The highest BCUT2D eigenvalue weighted by molar-refractivity contribution is 5.07. The average molecular weight is 351 g/mol. The summed E-state index contributed by atoms with van der Waals surface area (Å²) in [5.41, 5.74) is 0. The molecule has 3 nitrogen and oxygen atoms in total. The van der Waals surface area contributed by atoms with Gasteiger partial charge >= 0.3 is 0 Å². The van der Waals surface area contributed by atoms with Crippen molar-refractivity contribution in [1.82, 2.24) is 0 Å². The molecule has 3 heteroatoms. The lowest BCUT2D eigenvalue weighted by Gasteiger charge is -2.47. The molecular formula is C22H42N2O+2. The van der Waals surface area contributed by atoms with E-state index in [0.29, 0.717) is 12.2 Å². The van der Waals surface area contributed by atoms with Crippen molar-refractivity contribution in [3.63, 3.8) is 0 Å². The van der Waals surface area contributed by atoms with E-state index in [1.54, 1.807) is 0 Å². The third kappa shape index (κ3) is 2.72. The summed E-state index contributed by atoms with van der Waals surface area (Å²) in [6.07, 6.45) is 10.0. The van der Waals surface area contributed by atoms with E-state index in [0.717, 1.165) is 36.0 Å². The second-order valence-corrected chi connectivity index (χ2v) is 10.6. The van der Waals surface area contributed by atoms with Crippen molar-refractivity contribution in [1.29, 1.82) is 0 Å². The van der Waals surface area contributed by atoms with Gasteiger partial charge in [-0.1, -0.05) is 13.8 Å². The van der Waals surface area contributed by atoms with E-state index in [2.05, 4.69) is 41.8 Å². The second kappa shape index (κ2) is 6.21. The van der Waals surface area contributed by atoms with Crippen LogP contribution < -0.4 is 0 Å². The van der Waals surface area contributed by atoms with Gasteiger partial charge in [0.1, 0.15) is 24.3 Å². The van der Waals surface area contributed by atoms with Crippen LogP contribution in [0.2, 0.25) is 0 Å². The Morgan fingerprint density at radius 2 is 1.16 bits per heavy atom. The van der Waals surface area contributed by atoms with E-state index in [1.165, 1.54) is 60.6 Å². The van der Waals surface area contributed by atoms with Crippen LogP contribution in [-0.4, -0.2) is 72.5 Å². The molecule has 5 rings (SSSR count). The molecule has 0 saturated carbocycles. The Balaban J connectivity index is 0.000000126. The van der Waals surface area contributed by atoms with Crippen LogP contribution >= 0.6 is 0 Å². The fourth-order valence-electron chi connectivity index (χ4n) is 7.34. The van der Waals surface area contributed by atoms with Crippen molar-refractivity contribution in [2.24, 2.45) is 11.8 Å². The number of quaternary nitrogens is 2. The first-order valence-electron chi connectivity index (χ1n) is 11.2. The lowest BCUT2D eigenvalue weighted by molar-refractivity contribution is -0.954. The molecule has 25 heavy (non-hydrogen) atoms. The molecule has 0 aromatic rings. The van der Waals surface area contributed by atoms with Gasteiger partial charge in [0.2, 0.25) is 0 Å². The summed E-state index contributed by atoms with van der Waals surface area (Å²) in [6.45, 7) is 12.2. The molecule has 5 heterocycles. The number of ether oxygens (including phenoxy) is 1. The zero-order valence-corrected chi connectivity index (χ0v) is 17.6. The topological polar surface area (TPSA) is 12.5 Å². The first kappa shape index (κ1) is 18.3. The molecule has 0 N–H and O–H groups in total. The maximum atomic E-state index is 5.75. The first-order chi connectivity index (χ1) is 11.8. The average Bonchev–Trinajstić information content (AvgIpc) is 3.32. The van der Waals surface area contributed by atoms with Crippen molar-refractivity contribution >= 4 is 0 Å². The summed E-state index contributed by atoms with van der Waals surface area (Å²) < 4.78 is 8.45. The number of rotatable bonds is 2. The molecule has 0 spiro atoms. The van der Waals surface area contributed by atoms with Crippen LogP contribution in [0.25, 0.3) is 0 Å². The second-order valence-electron chi connectivity index (χ2n) is 10.6. The summed E-state index contributed by atoms with van der Waals surface area (Å²) in [6, 6.07) is 3.65. The lowest BCUT2D eigenvalue weighted by atomic mass is 9.89. The number of epoxide rings is 1. The van der Waals surface area contributed by atoms with Crippen LogP contribution in [-0.2, 0) is 4.74 Å². The molecule has 6 atom stereocenters. The minimum absolute atomic E-state index is 0.639. The van der Waals surface area contributed by atoms with Crippen LogP contribution in [0.3, 0.4) is 0 Å². The fraction of sp³-hybridized carbons (Fsp3) is 1.00. The maximum Gasteiger partial charge on any atom is 0.142 e. The van der Waals surface area contributed by atoms with Gasteiger partial charge in [-0.05, 0) is 25.7 Å². The molecule has 5 saturated heterocycles. The Bertz CT molecular complexity index is 474. The summed E-state index contributed by atoms with van der Waals surface area (Å²) in [7, 11) is 4.92. The van der Waals surface area contributed by atoms with Gasteiger partial charge in [-0.25, -0.2) is 0 Å². The predicted octanol–water partition coefficient (Wildman–Crippen LogP) is 3.81. The summed E-state index contributed by atoms with van der Waals surface area (Å²) in [5.74, 6) is 1.93. The Morgan fingerprint density at radius 1 is 0.720 bits per heavy atom. The number of hydrogen-bond donors (Lipinski definition) is 0. The van der Waals surface area contributed by atoms with Crippen molar-refractivity contribution < 1.29 is 13.7 Å². The number of piperidine rings is 2. The van der Waals surface area contributed by atoms with Gasteiger partial charge in [0.15, 0.2) is 0 Å². The normalized spacial score (nSPS) is 58.3. The Hall–Kier alpha value is -0.120. The van der Waals surface area contributed by atoms with E-state index < -0.39 is 0 Å². The van der Waals surface area contributed by atoms with Crippen molar-refractivity contribution in [3.05, 3.63) is 0 Å². The molecule has 0 aliphatic carbocycles. The molecule has 6 unspecified atom stereocenters. The first-order valence-corrected chi connectivity index (χ1v) is 11.2. The van der Waals surface area contributed by atoms with E-state index in [-0.39, 0.29) is 0 Å². The third-order valence-corrected chi connectivity index (χ3v) is 9.34. The van der Waals surface area contributed by atoms with E-state index >= 15 is 0 Å². The Labute approximate surface area is 155 Å². The van der Waals surface area contributed by atoms with Gasteiger partial charge in [0.05, 0.1) is 39.3 Å². The molecule has 0 aromatic heterocycles. The van der Waals surface area contributed by atoms with Gasteiger partial charge in [0.25, 0.3) is 0 Å². The predicted molar refractivity (Wildman–Crippen MR) is 103 cm³/mol. The van der Waals surface area contributed by atoms with Gasteiger partial charge in [-0.2, -0.15) is 0 Å². The van der Waals surface area contributed by atoms with Crippen LogP contribution in [0.15, 0.2) is 0 Å².